The highest BCUT2D eigenvalue weighted by molar-refractivity contribution is 7.89. The van der Waals surface area contributed by atoms with Gasteiger partial charge in [-0.15, -0.1) is 0 Å². The van der Waals surface area contributed by atoms with Crippen LogP contribution in [-0.4, -0.2) is 58.6 Å². The molecule has 1 heterocycles. The summed E-state index contributed by atoms with van der Waals surface area (Å²) in [4.78, 5) is 14.5. The molecule has 0 unspecified atom stereocenters. The Morgan fingerprint density at radius 3 is 2.44 bits per heavy atom. The Balaban J connectivity index is 2.28. The molecule has 1 amide bonds. The first-order chi connectivity index (χ1) is 11.8. The van der Waals surface area contributed by atoms with Gasteiger partial charge in [0.15, 0.2) is 0 Å². The predicted molar refractivity (Wildman–Crippen MR) is 96.4 cm³/mol. The van der Waals surface area contributed by atoms with Gasteiger partial charge in [-0.3, -0.25) is 4.79 Å². The number of likely N-dealkylation sites (tertiary alicyclic amines) is 1. The van der Waals surface area contributed by atoms with E-state index in [-0.39, 0.29) is 22.6 Å². The Labute approximate surface area is 149 Å². The van der Waals surface area contributed by atoms with Crippen LogP contribution in [0.15, 0.2) is 23.1 Å². The summed E-state index contributed by atoms with van der Waals surface area (Å²) in [5.74, 6) is 0.0665. The van der Waals surface area contributed by atoms with E-state index in [1.54, 1.807) is 24.8 Å². The van der Waals surface area contributed by atoms with E-state index in [4.69, 9.17) is 4.74 Å². The SMILES string of the molecule is CNC1CCN(C(=O)c2ccc(OC)c(S(=O)(=O)NC(C)C)c2)CC1. The van der Waals surface area contributed by atoms with Crippen LogP contribution in [-0.2, 0) is 10.0 Å². The highest BCUT2D eigenvalue weighted by Gasteiger charge is 2.26. The van der Waals surface area contributed by atoms with Crippen molar-refractivity contribution in [3.05, 3.63) is 23.8 Å². The van der Waals surface area contributed by atoms with Crippen molar-refractivity contribution in [3.63, 3.8) is 0 Å². The van der Waals surface area contributed by atoms with Gasteiger partial charge in [0.25, 0.3) is 5.91 Å². The van der Waals surface area contributed by atoms with Crippen molar-refractivity contribution in [1.29, 1.82) is 0 Å². The molecule has 1 aliphatic rings. The predicted octanol–water partition coefficient (Wildman–Crippen LogP) is 1.21. The van der Waals surface area contributed by atoms with E-state index in [9.17, 15) is 13.2 Å². The number of hydrogen-bond acceptors (Lipinski definition) is 5. The molecule has 2 N–H and O–H groups in total. The molecule has 0 bridgehead atoms. The Bertz CT molecular complexity index is 711. The van der Waals surface area contributed by atoms with E-state index >= 15 is 0 Å². The number of hydrogen-bond donors (Lipinski definition) is 2. The molecule has 2 rings (SSSR count). The van der Waals surface area contributed by atoms with Crippen LogP contribution >= 0.6 is 0 Å². The second-order valence-electron chi connectivity index (χ2n) is 6.50. The molecule has 0 saturated carbocycles. The number of piperidine rings is 1. The number of benzene rings is 1. The van der Waals surface area contributed by atoms with Crippen LogP contribution in [0.1, 0.15) is 37.0 Å². The first-order valence-electron chi connectivity index (χ1n) is 8.45. The van der Waals surface area contributed by atoms with Gasteiger partial charge < -0.3 is 15.0 Å². The number of amides is 1. The minimum Gasteiger partial charge on any atom is -0.495 e. The Morgan fingerprint density at radius 2 is 1.92 bits per heavy atom. The number of sulfonamides is 1. The van der Waals surface area contributed by atoms with Gasteiger partial charge in [-0.2, -0.15) is 0 Å². The van der Waals surface area contributed by atoms with Gasteiger partial charge >= 0.3 is 0 Å². The summed E-state index contributed by atoms with van der Waals surface area (Å²) in [6.07, 6.45) is 1.77. The van der Waals surface area contributed by atoms with E-state index in [1.165, 1.54) is 19.2 Å². The summed E-state index contributed by atoms with van der Waals surface area (Å²) >= 11 is 0. The zero-order valence-corrected chi connectivity index (χ0v) is 16.0. The normalized spacial score (nSPS) is 16.3. The standard InChI is InChI=1S/C17H27N3O4S/c1-12(2)19-25(22,23)16-11-13(5-6-15(16)24-4)17(21)20-9-7-14(18-3)8-10-20/h5-6,11-12,14,18-19H,7-10H2,1-4H3. The van der Waals surface area contributed by atoms with Gasteiger partial charge in [-0.05, 0) is 51.9 Å². The molecule has 0 aliphatic carbocycles. The number of methoxy groups -OCH3 is 1. The number of ether oxygens (including phenoxy) is 1. The lowest BCUT2D eigenvalue weighted by Gasteiger charge is -2.32. The Kier molecular flexibility index (Phi) is 6.42. The van der Waals surface area contributed by atoms with Crippen molar-refractivity contribution >= 4 is 15.9 Å². The third-order valence-electron chi connectivity index (χ3n) is 4.28. The molecule has 1 aromatic carbocycles. The van der Waals surface area contributed by atoms with Crippen LogP contribution < -0.4 is 14.8 Å². The molecule has 140 valence electrons. The minimum absolute atomic E-state index is 0.0142. The maximum Gasteiger partial charge on any atom is 0.253 e. The first-order valence-corrected chi connectivity index (χ1v) is 9.93. The zero-order valence-electron chi connectivity index (χ0n) is 15.2. The molecule has 1 fully saturated rings. The van der Waals surface area contributed by atoms with Crippen molar-refractivity contribution in [2.45, 2.75) is 43.7 Å². The molecular formula is C17H27N3O4S. The molecule has 0 radical (unpaired) electrons. The summed E-state index contributed by atoms with van der Waals surface area (Å²) in [5.41, 5.74) is 0.354. The van der Waals surface area contributed by atoms with Gasteiger partial charge in [0, 0.05) is 30.7 Å². The fourth-order valence-corrected chi connectivity index (χ4v) is 4.39. The summed E-state index contributed by atoms with van der Waals surface area (Å²) in [6, 6.07) is 4.71. The molecule has 25 heavy (non-hydrogen) atoms. The molecule has 0 atom stereocenters. The number of rotatable bonds is 6. The van der Waals surface area contributed by atoms with Crippen LogP contribution in [0.3, 0.4) is 0 Å². The number of carbonyl (C=O) groups is 1. The topological polar surface area (TPSA) is 87.7 Å². The maximum absolute atomic E-state index is 12.7. The van der Waals surface area contributed by atoms with Crippen LogP contribution in [0, 0.1) is 0 Å². The maximum atomic E-state index is 12.7. The second kappa shape index (κ2) is 8.16. The Morgan fingerprint density at radius 1 is 1.28 bits per heavy atom. The lowest BCUT2D eigenvalue weighted by molar-refractivity contribution is 0.0707. The molecule has 1 aromatic rings. The van der Waals surface area contributed by atoms with E-state index < -0.39 is 10.0 Å². The number of carbonyl (C=O) groups excluding carboxylic acids is 1. The molecule has 7 nitrogen and oxygen atoms in total. The summed E-state index contributed by atoms with van der Waals surface area (Å²) in [6.45, 7) is 4.79. The highest BCUT2D eigenvalue weighted by atomic mass is 32.2. The van der Waals surface area contributed by atoms with Gasteiger partial charge in [0.1, 0.15) is 10.6 Å². The smallest absolute Gasteiger partial charge is 0.253 e. The van der Waals surface area contributed by atoms with Crippen molar-refractivity contribution in [2.24, 2.45) is 0 Å². The van der Waals surface area contributed by atoms with Gasteiger partial charge in [-0.25, -0.2) is 13.1 Å². The molecule has 0 aromatic heterocycles. The summed E-state index contributed by atoms with van der Waals surface area (Å²) < 4.78 is 32.8. The third-order valence-corrected chi connectivity index (χ3v) is 5.96. The molecule has 1 saturated heterocycles. The quantitative estimate of drug-likeness (QED) is 0.787. The average Bonchev–Trinajstić information content (AvgIpc) is 2.59. The monoisotopic (exact) mass is 369 g/mol. The third kappa shape index (κ3) is 4.71. The van der Waals surface area contributed by atoms with Crippen LogP contribution in [0.25, 0.3) is 0 Å². The van der Waals surface area contributed by atoms with E-state index in [1.807, 2.05) is 7.05 Å². The Hall–Kier alpha value is -1.64. The summed E-state index contributed by atoms with van der Waals surface area (Å²) in [7, 11) is -0.426. The van der Waals surface area contributed by atoms with E-state index in [0.29, 0.717) is 24.7 Å². The zero-order chi connectivity index (χ0) is 18.6. The van der Waals surface area contributed by atoms with Crippen LogP contribution in [0.5, 0.6) is 5.75 Å². The van der Waals surface area contributed by atoms with Crippen molar-refractivity contribution in [1.82, 2.24) is 14.9 Å². The molecule has 8 heteroatoms. The van der Waals surface area contributed by atoms with Crippen molar-refractivity contribution in [2.75, 3.05) is 27.2 Å². The second-order valence-corrected chi connectivity index (χ2v) is 8.18. The minimum atomic E-state index is -3.76. The fraction of sp³-hybridized carbons (Fsp3) is 0.588. The van der Waals surface area contributed by atoms with Crippen molar-refractivity contribution in [3.8, 4) is 5.75 Å². The van der Waals surface area contributed by atoms with Gasteiger partial charge in [0.05, 0.1) is 7.11 Å². The van der Waals surface area contributed by atoms with Gasteiger partial charge in [-0.1, -0.05) is 0 Å². The fourth-order valence-electron chi connectivity index (χ4n) is 2.95. The molecular weight excluding hydrogens is 342 g/mol. The summed E-state index contributed by atoms with van der Waals surface area (Å²) in [5, 5.41) is 3.22. The average molecular weight is 369 g/mol. The van der Waals surface area contributed by atoms with Crippen LogP contribution in [0.4, 0.5) is 0 Å². The van der Waals surface area contributed by atoms with Crippen molar-refractivity contribution < 1.29 is 17.9 Å². The lowest BCUT2D eigenvalue weighted by atomic mass is 10.0. The van der Waals surface area contributed by atoms with Crippen LogP contribution in [0.2, 0.25) is 0 Å². The molecule has 1 aliphatic heterocycles. The lowest BCUT2D eigenvalue weighted by Crippen LogP contribution is -2.44. The highest BCUT2D eigenvalue weighted by Crippen LogP contribution is 2.26. The largest absolute Gasteiger partial charge is 0.495 e. The number of nitrogens with one attached hydrogen (secondary N) is 2. The van der Waals surface area contributed by atoms with E-state index in [2.05, 4.69) is 10.0 Å². The number of nitrogens with zero attached hydrogens (tertiary/aromatic N) is 1. The molecule has 0 spiro atoms. The first kappa shape index (κ1) is 19.7. The van der Waals surface area contributed by atoms with E-state index in [0.717, 1.165) is 12.8 Å². The van der Waals surface area contributed by atoms with Gasteiger partial charge in [0.2, 0.25) is 10.0 Å².